The summed E-state index contributed by atoms with van der Waals surface area (Å²) in [6.07, 6.45) is 0. The van der Waals surface area contributed by atoms with E-state index in [0.29, 0.717) is 16.3 Å². The molecule has 1 N–H and O–H groups in total. The van der Waals surface area contributed by atoms with Crippen molar-refractivity contribution in [2.24, 2.45) is 0 Å². The van der Waals surface area contributed by atoms with E-state index in [1.807, 2.05) is 45.0 Å². The summed E-state index contributed by atoms with van der Waals surface area (Å²) in [4.78, 5) is 26.7. The van der Waals surface area contributed by atoms with Crippen molar-refractivity contribution in [2.75, 3.05) is 11.9 Å². The van der Waals surface area contributed by atoms with Crippen LogP contribution in [0.2, 0.25) is 0 Å². The molecule has 2 aromatic carbocycles. The second kappa shape index (κ2) is 7.80. The van der Waals surface area contributed by atoms with Crippen LogP contribution in [0.3, 0.4) is 0 Å². The lowest BCUT2D eigenvalue weighted by molar-refractivity contribution is 0.0739. The highest BCUT2D eigenvalue weighted by Crippen LogP contribution is 2.31. The van der Waals surface area contributed by atoms with Crippen molar-refractivity contribution < 1.29 is 14.3 Å². The third-order valence-corrected chi connectivity index (χ3v) is 5.43. The molecule has 0 aliphatic carbocycles. The third-order valence-electron chi connectivity index (χ3n) is 4.18. The number of urea groups is 1. The first-order chi connectivity index (χ1) is 12.9. The number of esters is 1. The first kappa shape index (κ1) is 18.9. The van der Waals surface area contributed by atoms with Crippen molar-refractivity contribution in [3.8, 4) is 5.75 Å². The Hall–Kier alpha value is -2.86. The van der Waals surface area contributed by atoms with Gasteiger partial charge >= 0.3 is 12.0 Å². The Kier molecular flexibility index (Phi) is 5.46. The lowest BCUT2D eigenvalue weighted by Crippen LogP contribution is -2.40. The van der Waals surface area contributed by atoms with E-state index in [4.69, 9.17) is 4.74 Å². The van der Waals surface area contributed by atoms with Gasteiger partial charge in [0, 0.05) is 23.5 Å². The highest BCUT2D eigenvalue weighted by Gasteiger charge is 2.18. The Morgan fingerprint density at radius 2 is 1.74 bits per heavy atom. The number of amides is 2. The maximum Gasteiger partial charge on any atom is 0.354 e. The van der Waals surface area contributed by atoms with Gasteiger partial charge in [-0.1, -0.05) is 18.2 Å². The average Bonchev–Trinajstić information content (AvgIpc) is 2.98. The molecule has 0 radical (unpaired) electrons. The van der Waals surface area contributed by atoms with Crippen LogP contribution >= 0.6 is 11.3 Å². The number of hydrogen-bond acceptors (Lipinski definition) is 4. The predicted octanol–water partition coefficient (Wildman–Crippen LogP) is 4.98. The van der Waals surface area contributed by atoms with Gasteiger partial charge in [0.25, 0.3) is 0 Å². The molecule has 27 heavy (non-hydrogen) atoms. The maximum absolute atomic E-state index is 12.6. The fourth-order valence-electron chi connectivity index (χ4n) is 2.72. The van der Waals surface area contributed by atoms with Crippen LogP contribution in [0.1, 0.15) is 29.1 Å². The van der Waals surface area contributed by atoms with Gasteiger partial charge in [-0.3, -0.25) is 4.90 Å². The molecule has 140 valence electrons. The smallest absolute Gasteiger partial charge is 0.354 e. The first-order valence-electron chi connectivity index (χ1n) is 8.71. The third kappa shape index (κ3) is 4.11. The molecule has 0 saturated heterocycles. The van der Waals surface area contributed by atoms with Gasteiger partial charge in [-0.2, -0.15) is 0 Å². The molecule has 0 spiro atoms. The van der Waals surface area contributed by atoms with Crippen LogP contribution < -0.4 is 15.0 Å². The van der Waals surface area contributed by atoms with Crippen LogP contribution in [-0.2, 0) is 0 Å². The Labute approximate surface area is 162 Å². The van der Waals surface area contributed by atoms with Crippen LogP contribution in [0.4, 0.5) is 10.5 Å². The molecule has 0 atom stereocenters. The summed E-state index contributed by atoms with van der Waals surface area (Å²) < 4.78 is 6.59. The molecule has 2 amide bonds. The summed E-state index contributed by atoms with van der Waals surface area (Å²) >= 11 is 1.43. The van der Waals surface area contributed by atoms with Crippen molar-refractivity contribution in [2.45, 2.75) is 26.8 Å². The molecule has 0 aliphatic heterocycles. The van der Waals surface area contributed by atoms with Crippen molar-refractivity contribution in [1.82, 2.24) is 5.32 Å². The fraction of sp³-hybridized carbons (Fsp3) is 0.238. The molecular weight excluding hydrogens is 360 g/mol. The molecule has 0 fully saturated rings. The highest BCUT2D eigenvalue weighted by molar-refractivity contribution is 7.21. The summed E-state index contributed by atoms with van der Waals surface area (Å²) in [7, 11) is 1.69. The van der Waals surface area contributed by atoms with Gasteiger partial charge in [-0.25, -0.2) is 9.59 Å². The summed E-state index contributed by atoms with van der Waals surface area (Å²) in [5, 5.41) is 3.90. The lowest BCUT2D eigenvalue weighted by atomic mass is 10.1. The zero-order valence-electron chi connectivity index (χ0n) is 15.8. The van der Waals surface area contributed by atoms with E-state index in [1.54, 1.807) is 31.3 Å². The number of aryl methyl sites for hydroxylation is 1. The summed E-state index contributed by atoms with van der Waals surface area (Å²) in [5.41, 5.74) is 1.65. The van der Waals surface area contributed by atoms with Crippen molar-refractivity contribution >= 4 is 39.1 Å². The van der Waals surface area contributed by atoms with E-state index in [9.17, 15) is 9.59 Å². The van der Waals surface area contributed by atoms with Crippen LogP contribution in [0, 0.1) is 6.92 Å². The minimum Gasteiger partial charge on any atom is -0.422 e. The van der Waals surface area contributed by atoms with E-state index in [0.717, 1.165) is 15.6 Å². The number of thiophene rings is 1. The van der Waals surface area contributed by atoms with E-state index in [-0.39, 0.29) is 18.0 Å². The molecular formula is C21H22N2O3S. The average molecular weight is 382 g/mol. The fourth-order valence-corrected chi connectivity index (χ4v) is 3.81. The Balaban J connectivity index is 1.73. The molecule has 0 bridgehead atoms. The van der Waals surface area contributed by atoms with Gasteiger partial charge < -0.3 is 10.1 Å². The molecule has 3 aromatic rings. The summed E-state index contributed by atoms with van der Waals surface area (Å²) in [5.74, 6) is 0.0747. The molecule has 0 saturated carbocycles. The predicted molar refractivity (Wildman–Crippen MR) is 110 cm³/mol. The number of carbonyl (C=O) groups excluding carboxylic acids is 2. The van der Waals surface area contributed by atoms with Crippen LogP contribution in [0.15, 0.2) is 48.5 Å². The van der Waals surface area contributed by atoms with Gasteiger partial charge in [0.2, 0.25) is 0 Å². The molecule has 1 heterocycles. The van der Waals surface area contributed by atoms with E-state index in [1.165, 1.54) is 16.2 Å². The largest absolute Gasteiger partial charge is 0.422 e. The van der Waals surface area contributed by atoms with Crippen LogP contribution in [0.25, 0.3) is 10.1 Å². The second-order valence-corrected chi connectivity index (χ2v) is 7.65. The van der Waals surface area contributed by atoms with Gasteiger partial charge in [-0.15, -0.1) is 11.3 Å². The number of hydrogen-bond donors (Lipinski definition) is 1. The van der Waals surface area contributed by atoms with Gasteiger partial charge in [0.15, 0.2) is 0 Å². The van der Waals surface area contributed by atoms with E-state index >= 15 is 0 Å². The Morgan fingerprint density at radius 1 is 1.07 bits per heavy atom. The van der Waals surface area contributed by atoms with Crippen LogP contribution in [-0.4, -0.2) is 25.1 Å². The molecule has 6 heteroatoms. The topological polar surface area (TPSA) is 58.6 Å². The van der Waals surface area contributed by atoms with Gasteiger partial charge in [0.05, 0.1) is 0 Å². The number of nitrogens with one attached hydrogen (secondary N) is 1. The zero-order valence-corrected chi connectivity index (χ0v) is 16.6. The number of fused-ring (bicyclic) bond motifs is 1. The van der Waals surface area contributed by atoms with Gasteiger partial charge in [-0.05, 0) is 62.1 Å². The summed E-state index contributed by atoms with van der Waals surface area (Å²) in [6, 6.07) is 14.7. The quantitative estimate of drug-likeness (QED) is 0.511. The summed E-state index contributed by atoms with van der Waals surface area (Å²) in [6.45, 7) is 5.75. The van der Waals surface area contributed by atoms with Crippen molar-refractivity contribution in [3.63, 3.8) is 0 Å². The maximum atomic E-state index is 12.6. The standard InChI is InChI=1S/C21H22N2O3S/c1-13(2)22-21(25)23(4)15-9-11-16(12-10-15)26-20(24)19-14(3)17-7-5-6-8-18(17)27-19/h5-13H,1-4H3,(H,22,25). The van der Waals surface area contributed by atoms with Crippen molar-refractivity contribution in [1.29, 1.82) is 0 Å². The number of anilines is 1. The SMILES string of the molecule is Cc1c(C(=O)Oc2ccc(N(C)C(=O)NC(C)C)cc2)sc2ccccc12. The van der Waals surface area contributed by atoms with E-state index < -0.39 is 0 Å². The molecule has 0 unspecified atom stereocenters. The van der Waals surface area contributed by atoms with Crippen molar-refractivity contribution in [3.05, 3.63) is 59.0 Å². The number of nitrogens with zero attached hydrogens (tertiary/aromatic N) is 1. The normalized spacial score (nSPS) is 10.9. The molecule has 3 rings (SSSR count). The van der Waals surface area contributed by atoms with E-state index in [2.05, 4.69) is 5.32 Å². The highest BCUT2D eigenvalue weighted by atomic mass is 32.1. The monoisotopic (exact) mass is 382 g/mol. The first-order valence-corrected chi connectivity index (χ1v) is 9.53. The van der Waals surface area contributed by atoms with Gasteiger partial charge in [0.1, 0.15) is 10.6 Å². The zero-order chi connectivity index (χ0) is 19.6. The Morgan fingerprint density at radius 3 is 2.37 bits per heavy atom. The lowest BCUT2D eigenvalue weighted by Gasteiger charge is -2.20. The molecule has 5 nitrogen and oxygen atoms in total. The minimum atomic E-state index is -0.368. The number of rotatable bonds is 4. The molecule has 1 aromatic heterocycles. The Bertz CT molecular complexity index is 977. The second-order valence-electron chi connectivity index (χ2n) is 6.60. The number of ether oxygens (including phenoxy) is 1. The van der Waals surface area contributed by atoms with Crippen LogP contribution in [0.5, 0.6) is 5.75 Å². The number of benzene rings is 2. The number of carbonyl (C=O) groups is 2. The minimum absolute atomic E-state index is 0.0599. The molecule has 0 aliphatic rings.